The molecule has 1 heterocycles. The Labute approximate surface area is 144 Å². The van der Waals surface area contributed by atoms with Crippen LogP contribution in [0.2, 0.25) is 0 Å². The molecule has 0 saturated heterocycles. The third-order valence-corrected chi connectivity index (χ3v) is 4.22. The minimum Gasteiger partial charge on any atom is -0.326 e. The molecule has 0 atom stereocenters. The fourth-order valence-corrected chi connectivity index (χ4v) is 2.78. The smallest absolute Gasteiger partial charge is 0.326 e. The second-order valence-corrected chi connectivity index (χ2v) is 6.62. The Balaban J connectivity index is 1.69. The van der Waals surface area contributed by atoms with Crippen molar-refractivity contribution < 1.29 is 17.1 Å². The average Bonchev–Trinajstić information content (AvgIpc) is 3.03. The van der Waals surface area contributed by atoms with Gasteiger partial charge in [0, 0.05) is 11.9 Å². The first-order valence-corrected chi connectivity index (χ1v) is 8.75. The molecular weight excluding hydrogens is 345 g/mol. The predicted octanol–water partition coefficient (Wildman–Crippen LogP) is 2.71. The zero-order valence-corrected chi connectivity index (χ0v) is 13.8. The summed E-state index contributed by atoms with van der Waals surface area (Å²) in [6.07, 6.45) is 1.75. The van der Waals surface area contributed by atoms with Gasteiger partial charge >= 0.3 is 10.2 Å². The molecule has 2 aromatic carbocycles. The number of hydrogen-bond donors (Lipinski definition) is 1. The van der Waals surface area contributed by atoms with Crippen LogP contribution in [-0.4, -0.2) is 24.1 Å². The number of anilines is 1. The lowest BCUT2D eigenvalue weighted by atomic mass is 10.2. The van der Waals surface area contributed by atoms with Crippen molar-refractivity contribution in [1.82, 2.24) is 9.78 Å². The van der Waals surface area contributed by atoms with E-state index in [0.717, 1.165) is 17.8 Å². The number of halogens is 1. The van der Waals surface area contributed by atoms with Crippen molar-refractivity contribution in [3.63, 3.8) is 0 Å². The van der Waals surface area contributed by atoms with Crippen LogP contribution in [0.1, 0.15) is 5.69 Å². The molecule has 0 aliphatic heterocycles. The maximum Gasteiger partial charge on any atom is 0.332 e. The van der Waals surface area contributed by atoms with E-state index in [9.17, 15) is 17.1 Å². The number of nitrogens with zero attached hydrogens (tertiary/aromatic N) is 2. The number of benzene rings is 2. The summed E-state index contributed by atoms with van der Waals surface area (Å²) in [6, 6.07) is 16.2. The number of rotatable bonds is 5. The van der Waals surface area contributed by atoms with Crippen LogP contribution in [0.5, 0.6) is 0 Å². The van der Waals surface area contributed by atoms with Crippen LogP contribution in [0.25, 0.3) is 5.69 Å². The van der Waals surface area contributed by atoms with Gasteiger partial charge in [-0.3, -0.25) is 4.79 Å². The molecule has 25 heavy (non-hydrogen) atoms. The van der Waals surface area contributed by atoms with Gasteiger partial charge in [-0.15, -0.1) is 3.89 Å². The molecule has 0 bridgehead atoms. The summed E-state index contributed by atoms with van der Waals surface area (Å²) >= 11 is 0. The first-order valence-electron chi connectivity index (χ1n) is 7.36. The number of aromatic nitrogens is 2. The highest BCUT2D eigenvalue weighted by molar-refractivity contribution is 7.86. The van der Waals surface area contributed by atoms with E-state index in [1.807, 2.05) is 30.3 Å². The van der Waals surface area contributed by atoms with Gasteiger partial charge < -0.3 is 5.32 Å². The van der Waals surface area contributed by atoms with Gasteiger partial charge in [0.05, 0.1) is 17.8 Å². The maximum absolute atomic E-state index is 13.0. The van der Waals surface area contributed by atoms with Crippen LogP contribution in [0.3, 0.4) is 0 Å². The molecule has 3 aromatic rings. The summed E-state index contributed by atoms with van der Waals surface area (Å²) < 4.78 is 36.5. The molecule has 1 N–H and O–H groups in total. The van der Waals surface area contributed by atoms with Crippen molar-refractivity contribution in [3.8, 4) is 5.69 Å². The van der Waals surface area contributed by atoms with E-state index in [-0.39, 0.29) is 18.0 Å². The lowest BCUT2D eigenvalue weighted by molar-refractivity contribution is -0.115. The Morgan fingerprint density at radius 2 is 1.84 bits per heavy atom. The summed E-state index contributed by atoms with van der Waals surface area (Å²) in [5, 5.41) is 6.85. The Kier molecular flexibility index (Phi) is 4.62. The van der Waals surface area contributed by atoms with Gasteiger partial charge in [0.15, 0.2) is 0 Å². The van der Waals surface area contributed by atoms with E-state index < -0.39 is 15.1 Å². The molecule has 0 unspecified atom stereocenters. The fourth-order valence-electron chi connectivity index (χ4n) is 2.28. The van der Waals surface area contributed by atoms with Crippen LogP contribution in [0.4, 0.5) is 9.57 Å². The number of para-hydroxylation sites is 1. The summed E-state index contributed by atoms with van der Waals surface area (Å²) in [4.78, 5) is 11.6. The van der Waals surface area contributed by atoms with Crippen molar-refractivity contribution in [2.24, 2.45) is 0 Å². The minimum atomic E-state index is -4.81. The summed E-state index contributed by atoms with van der Waals surface area (Å²) in [5.41, 5.74) is 1.62. The van der Waals surface area contributed by atoms with Gasteiger partial charge in [-0.1, -0.05) is 24.3 Å². The van der Waals surface area contributed by atoms with Crippen LogP contribution in [-0.2, 0) is 21.4 Å². The van der Waals surface area contributed by atoms with E-state index in [0.29, 0.717) is 5.69 Å². The van der Waals surface area contributed by atoms with Crippen LogP contribution in [0.15, 0.2) is 71.8 Å². The van der Waals surface area contributed by atoms with E-state index in [4.69, 9.17) is 0 Å². The quantitative estimate of drug-likeness (QED) is 0.710. The monoisotopic (exact) mass is 359 g/mol. The molecular formula is C17H14FN3O3S. The summed E-state index contributed by atoms with van der Waals surface area (Å²) in [5.74, 6) is -0.383. The van der Waals surface area contributed by atoms with Crippen molar-refractivity contribution in [2.75, 3.05) is 5.32 Å². The summed E-state index contributed by atoms with van der Waals surface area (Å²) in [6.45, 7) is 0. The van der Waals surface area contributed by atoms with Crippen molar-refractivity contribution in [1.29, 1.82) is 0 Å². The Morgan fingerprint density at radius 3 is 2.56 bits per heavy atom. The van der Waals surface area contributed by atoms with E-state index >= 15 is 0 Å². The van der Waals surface area contributed by atoms with Gasteiger partial charge in [-0.25, -0.2) is 4.68 Å². The number of carbonyl (C=O) groups excluding carboxylic acids is 1. The predicted molar refractivity (Wildman–Crippen MR) is 90.6 cm³/mol. The molecule has 3 rings (SSSR count). The first kappa shape index (κ1) is 16.8. The molecule has 128 valence electrons. The van der Waals surface area contributed by atoms with Gasteiger partial charge in [0.2, 0.25) is 5.91 Å². The van der Waals surface area contributed by atoms with Gasteiger partial charge in [-0.05, 0) is 36.4 Å². The Bertz CT molecular complexity index is 1000. The van der Waals surface area contributed by atoms with Gasteiger partial charge in [0.25, 0.3) is 0 Å². The second-order valence-electron chi connectivity index (χ2n) is 5.28. The molecule has 6 nitrogen and oxygen atoms in total. The Morgan fingerprint density at radius 1 is 1.08 bits per heavy atom. The van der Waals surface area contributed by atoms with Crippen LogP contribution < -0.4 is 5.32 Å². The third kappa shape index (κ3) is 4.30. The molecule has 0 aliphatic carbocycles. The molecule has 0 aliphatic rings. The molecule has 0 saturated carbocycles. The SMILES string of the molecule is O=C(Cc1ccn(-c2ccccc2)n1)Nc1cccc(S(=O)(=O)F)c1. The lowest BCUT2D eigenvalue weighted by Gasteiger charge is -2.05. The topological polar surface area (TPSA) is 81.1 Å². The highest BCUT2D eigenvalue weighted by atomic mass is 32.3. The molecule has 0 radical (unpaired) electrons. The number of amides is 1. The maximum atomic E-state index is 13.0. The first-order chi connectivity index (χ1) is 11.9. The second kappa shape index (κ2) is 6.86. The largest absolute Gasteiger partial charge is 0.332 e. The van der Waals surface area contributed by atoms with Crippen molar-refractivity contribution in [2.45, 2.75) is 11.3 Å². The van der Waals surface area contributed by atoms with Gasteiger partial charge in [0.1, 0.15) is 4.90 Å². The highest BCUT2D eigenvalue weighted by Gasteiger charge is 2.13. The highest BCUT2D eigenvalue weighted by Crippen LogP contribution is 2.17. The molecule has 0 fully saturated rings. The standard InChI is InChI=1S/C17H14FN3O3S/c18-25(23,24)16-8-4-5-13(11-16)19-17(22)12-14-9-10-21(20-14)15-6-2-1-3-7-15/h1-11H,12H2,(H,19,22). The molecule has 8 heteroatoms. The zero-order valence-electron chi connectivity index (χ0n) is 13.0. The minimum absolute atomic E-state index is 0.00639. The molecule has 1 aromatic heterocycles. The average molecular weight is 359 g/mol. The molecule has 0 spiro atoms. The van der Waals surface area contributed by atoms with Crippen molar-refractivity contribution >= 4 is 21.8 Å². The normalized spacial score (nSPS) is 11.2. The van der Waals surface area contributed by atoms with Gasteiger partial charge in [-0.2, -0.15) is 13.5 Å². The third-order valence-electron chi connectivity index (χ3n) is 3.41. The zero-order chi connectivity index (χ0) is 17.9. The fraction of sp³-hybridized carbons (Fsp3) is 0.0588. The van der Waals surface area contributed by atoms with Crippen LogP contribution >= 0.6 is 0 Å². The lowest BCUT2D eigenvalue weighted by Crippen LogP contribution is -2.15. The number of carbonyl (C=O) groups is 1. The van der Waals surface area contributed by atoms with E-state index in [1.54, 1.807) is 16.9 Å². The molecule has 1 amide bonds. The van der Waals surface area contributed by atoms with E-state index in [1.165, 1.54) is 12.1 Å². The Hall–Kier alpha value is -3.00. The number of nitrogens with one attached hydrogen (secondary N) is 1. The van der Waals surface area contributed by atoms with E-state index in [2.05, 4.69) is 10.4 Å². The van der Waals surface area contributed by atoms with Crippen molar-refractivity contribution in [3.05, 3.63) is 72.6 Å². The van der Waals surface area contributed by atoms with Crippen LogP contribution in [0, 0.1) is 0 Å². The number of hydrogen-bond acceptors (Lipinski definition) is 4. The summed E-state index contributed by atoms with van der Waals surface area (Å²) in [7, 11) is -4.81.